The highest BCUT2D eigenvalue weighted by Crippen LogP contribution is 2.34. The monoisotopic (exact) mass is 311 g/mol. The summed E-state index contributed by atoms with van der Waals surface area (Å²) in [4.78, 5) is 10.4. The minimum atomic E-state index is -0.730. The molecular formula is C14H18ClN3O3. The molecule has 0 aliphatic heterocycles. The molecule has 1 aromatic rings. The predicted octanol–water partition coefficient (Wildman–Crippen LogP) is 3.30. The third-order valence-electron chi connectivity index (χ3n) is 3.00. The van der Waals surface area contributed by atoms with E-state index >= 15 is 0 Å². The maximum Gasteiger partial charge on any atom is 0.312 e. The van der Waals surface area contributed by atoms with E-state index in [-0.39, 0.29) is 23.1 Å². The molecule has 21 heavy (non-hydrogen) atoms. The van der Waals surface area contributed by atoms with Gasteiger partial charge in [-0.2, -0.15) is 5.26 Å². The Morgan fingerprint density at radius 2 is 2.29 bits per heavy atom. The van der Waals surface area contributed by atoms with Crippen LogP contribution in [-0.4, -0.2) is 23.6 Å². The second kappa shape index (κ2) is 7.81. The first-order valence-electron chi connectivity index (χ1n) is 6.65. The molecule has 7 heteroatoms. The third-order valence-corrected chi connectivity index (χ3v) is 3.30. The van der Waals surface area contributed by atoms with E-state index in [1.54, 1.807) is 6.92 Å². The first-order chi connectivity index (χ1) is 9.93. The normalized spacial score (nSPS) is 13.2. The molecule has 1 rings (SSSR count). The summed E-state index contributed by atoms with van der Waals surface area (Å²) in [6.45, 7) is 4.66. The van der Waals surface area contributed by atoms with E-state index in [1.165, 1.54) is 18.2 Å². The molecule has 0 fully saturated rings. The number of nitriles is 1. The fourth-order valence-electron chi connectivity index (χ4n) is 1.73. The zero-order chi connectivity index (χ0) is 15.9. The molecule has 1 atom stereocenters. The standard InChI is InChI=1S/C14H18ClN3O3/c1-3-8-17-14(2,10-16)7-9-21-13-11(15)5-4-6-12(13)18(19)20/h4-6,17H,3,7-9H2,1-2H3. The van der Waals surface area contributed by atoms with Crippen molar-refractivity contribution < 1.29 is 9.66 Å². The summed E-state index contributed by atoms with van der Waals surface area (Å²) in [5.41, 5.74) is -0.908. The van der Waals surface area contributed by atoms with Crippen molar-refractivity contribution in [2.45, 2.75) is 32.2 Å². The minimum absolute atomic E-state index is 0.0416. The number of nitrogens with zero attached hydrogens (tertiary/aromatic N) is 2. The topological polar surface area (TPSA) is 88.2 Å². The summed E-state index contributed by atoms with van der Waals surface area (Å²) in [6.07, 6.45) is 1.31. The first kappa shape index (κ1) is 17.2. The fraction of sp³-hybridized carbons (Fsp3) is 0.500. The molecule has 0 heterocycles. The molecule has 1 aromatic carbocycles. The number of benzene rings is 1. The summed E-state index contributed by atoms with van der Waals surface area (Å²) < 4.78 is 5.44. The van der Waals surface area contributed by atoms with Crippen molar-refractivity contribution >= 4 is 17.3 Å². The molecule has 0 aromatic heterocycles. The molecule has 0 bridgehead atoms. The number of nitrogens with one attached hydrogen (secondary N) is 1. The van der Waals surface area contributed by atoms with Crippen LogP contribution < -0.4 is 10.1 Å². The Balaban J connectivity index is 2.72. The molecule has 0 aliphatic rings. The van der Waals surface area contributed by atoms with Gasteiger partial charge in [-0.15, -0.1) is 0 Å². The molecule has 1 unspecified atom stereocenters. The largest absolute Gasteiger partial charge is 0.486 e. The Morgan fingerprint density at radius 3 is 2.86 bits per heavy atom. The van der Waals surface area contributed by atoms with E-state index in [4.69, 9.17) is 16.3 Å². The lowest BCUT2D eigenvalue weighted by Crippen LogP contribution is -2.42. The molecule has 0 saturated carbocycles. The van der Waals surface area contributed by atoms with Gasteiger partial charge in [0.25, 0.3) is 0 Å². The van der Waals surface area contributed by atoms with E-state index in [0.717, 1.165) is 13.0 Å². The van der Waals surface area contributed by atoms with Gasteiger partial charge in [0.15, 0.2) is 0 Å². The zero-order valence-electron chi connectivity index (χ0n) is 12.1. The van der Waals surface area contributed by atoms with Crippen LogP contribution in [-0.2, 0) is 0 Å². The number of nitro groups is 1. The van der Waals surface area contributed by atoms with Crippen molar-refractivity contribution in [3.05, 3.63) is 33.3 Å². The molecule has 0 radical (unpaired) electrons. The van der Waals surface area contributed by atoms with Crippen molar-refractivity contribution in [3.8, 4) is 11.8 Å². The second-order valence-electron chi connectivity index (χ2n) is 4.81. The maximum absolute atomic E-state index is 10.9. The lowest BCUT2D eigenvalue weighted by molar-refractivity contribution is -0.385. The highest BCUT2D eigenvalue weighted by atomic mass is 35.5. The Labute approximate surface area is 128 Å². The quantitative estimate of drug-likeness (QED) is 0.588. The number of para-hydroxylation sites is 1. The number of hydrogen-bond donors (Lipinski definition) is 1. The van der Waals surface area contributed by atoms with Gasteiger partial charge in [-0.05, 0) is 26.0 Å². The lowest BCUT2D eigenvalue weighted by atomic mass is 10.0. The predicted molar refractivity (Wildman–Crippen MR) is 80.5 cm³/mol. The van der Waals surface area contributed by atoms with Crippen molar-refractivity contribution in [1.29, 1.82) is 5.26 Å². The van der Waals surface area contributed by atoms with Crippen LogP contribution in [0.15, 0.2) is 18.2 Å². The summed E-state index contributed by atoms with van der Waals surface area (Å²) >= 11 is 5.93. The van der Waals surface area contributed by atoms with Gasteiger partial charge < -0.3 is 4.74 Å². The maximum atomic E-state index is 10.9. The van der Waals surface area contributed by atoms with E-state index < -0.39 is 10.5 Å². The third kappa shape index (κ3) is 4.88. The second-order valence-corrected chi connectivity index (χ2v) is 5.22. The van der Waals surface area contributed by atoms with Gasteiger partial charge in [-0.25, -0.2) is 0 Å². The number of halogens is 1. The van der Waals surface area contributed by atoms with Crippen molar-refractivity contribution in [1.82, 2.24) is 5.32 Å². The van der Waals surface area contributed by atoms with E-state index in [2.05, 4.69) is 11.4 Å². The van der Waals surface area contributed by atoms with Crippen LogP contribution in [0.1, 0.15) is 26.7 Å². The van der Waals surface area contributed by atoms with Crippen LogP contribution in [0, 0.1) is 21.4 Å². The van der Waals surface area contributed by atoms with Gasteiger partial charge in [-0.3, -0.25) is 15.4 Å². The smallest absolute Gasteiger partial charge is 0.312 e. The molecule has 0 spiro atoms. The Kier molecular flexibility index (Phi) is 6.40. The fourth-order valence-corrected chi connectivity index (χ4v) is 1.95. The SMILES string of the molecule is CCCNC(C)(C#N)CCOc1c(Cl)cccc1[N+](=O)[O-]. The van der Waals surface area contributed by atoms with Crippen molar-refractivity contribution in [2.24, 2.45) is 0 Å². The summed E-state index contributed by atoms with van der Waals surface area (Å²) in [7, 11) is 0. The molecule has 1 N–H and O–H groups in total. The summed E-state index contributed by atoms with van der Waals surface area (Å²) in [6, 6.07) is 6.55. The molecule has 0 aliphatic carbocycles. The van der Waals surface area contributed by atoms with Crippen LogP contribution in [0.2, 0.25) is 5.02 Å². The first-order valence-corrected chi connectivity index (χ1v) is 7.03. The van der Waals surface area contributed by atoms with E-state index in [0.29, 0.717) is 6.42 Å². The van der Waals surface area contributed by atoms with Crippen molar-refractivity contribution in [2.75, 3.05) is 13.2 Å². The number of ether oxygens (including phenoxy) is 1. The molecule has 0 saturated heterocycles. The Bertz CT molecular complexity index is 545. The van der Waals surface area contributed by atoms with Gasteiger partial charge in [0, 0.05) is 12.5 Å². The minimum Gasteiger partial charge on any atom is -0.486 e. The van der Waals surface area contributed by atoms with Crippen LogP contribution in [0.4, 0.5) is 5.69 Å². The summed E-state index contributed by atoms with van der Waals surface area (Å²) in [5, 5.41) is 23.4. The molecule has 0 amide bonds. The van der Waals surface area contributed by atoms with Crippen LogP contribution in [0.5, 0.6) is 5.75 Å². The number of rotatable bonds is 8. The van der Waals surface area contributed by atoms with Crippen LogP contribution in [0.3, 0.4) is 0 Å². The van der Waals surface area contributed by atoms with E-state index in [1.807, 2.05) is 6.92 Å². The summed E-state index contributed by atoms with van der Waals surface area (Å²) in [5.74, 6) is 0.0416. The molecule has 114 valence electrons. The highest BCUT2D eigenvalue weighted by Gasteiger charge is 2.24. The van der Waals surface area contributed by atoms with Crippen LogP contribution in [0.25, 0.3) is 0 Å². The van der Waals surface area contributed by atoms with Gasteiger partial charge in [0.05, 0.1) is 22.6 Å². The highest BCUT2D eigenvalue weighted by molar-refractivity contribution is 6.32. The van der Waals surface area contributed by atoms with Gasteiger partial charge in [0.1, 0.15) is 5.54 Å². The number of hydrogen-bond acceptors (Lipinski definition) is 5. The average molecular weight is 312 g/mol. The van der Waals surface area contributed by atoms with Gasteiger partial charge in [-0.1, -0.05) is 24.6 Å². The van der Waals surface area contributed by atoms with Gasteiger partial charge in [0.2, 0.25) is 5.75 Å². The van der Waals surface area contributed by atoms with Gasteiger partial charge >= 0.3 is 5.69 Å². The zero-order valence-corrected chi connectivity index (χ0v) is 12.8. The Hall–Kier alpha value is -1.84. The van der Waals surface area contributed by atoms with Crippen LogP contribution >= 0.6 is 11.6 Å². The lowest BCUT2D eigenvalue weighted by Gasteiger charge is -2.23. The number of nitro benzene ring substituents is 1. The molecule has 6 nitrogen and oxygen atoms in total. The molecular weight excluding hydrogens is 294 g/mol. The van der Waals surface area contributed by atoms with E-state index in [9.17, 15) is 15.4 Å². The van der Waals surface area contributed by atoms with Crippen molar-refractivity contribution in [3.63, 3.8) is 0 Å². The average Bonchev–Trinajstić information content (AvgIpc) is 2.46. The Morgan fingerprint density at radius 1 is 1.57 bits per heavy atom.